The molecule has 0 aromatic heterocycles. The summed E-state index contributed by atoms with van der Waals surface area (Å²) in [5.41, 5.74) is 0.255. The smallest absolute Gasteiger partial charge is 0.338 e. The molecule has 0 unspecified atom stereocenters. The molecule has 0 radical (unpaired) electrons. The summed E-state index contributed by atoms with van der Waals surface area (Å²) in [5, 5.41) is 13.9. The molecule has 2 atom stereocenters. The Kier molecular flexibility index (Phi) is 7.62. The number of hydrogen-bond acceptors (Lipinski definition) is 6. The Bertz CT molecular complexity index is 722. The van der Waals surface area contributed by atoms with Crippen LogP contribution in [0.2, 0.25) is 0 Å². The number of rotatable bonds is 9. The fourth-order valence-electron chi connectivity index (χ4n) is 2.36. The van der Waals surface area contributed by atoms with E-state index >= 15 is 0 Å². The molecule has 0 aliphatic heterocycles. The number of nitrogens with one attached hydrogen (secondary N) is 1. The number of nitro benzene ring substituents is 1. The van der Waals surface area contributed by atoms with Crippen LogP contribution in [0.3, 0.4) is 0 Å². The number of thioether (sulfide) groups is 1. The molecular weight excluding hydrogens is 352 g/mol. The van der Waals surface area contributed by atoms with E-state index in [0.717, 1.165) is 5.75 Å². The number of ether oxygens (including phenoxy) is 1. The van der Waals surface area contributed by atoms with Crippen LogP contribution in [0.1, 0.15) is 17.3 Å². The second-order valence-corrected chi connectivity index (χ2v) is 6.99. The van der Waals surface area contributed by atoms with Gasteiger partial charge in [0, 0.05) is 34.7 Å². The van der Waals surface area contributed by atoms with Crippen molar-refractivity contribution in [2.24, 2.45) is 5.92 Å². The summed E-state index contributed by atoms with van der Waals surface area (Å²) in [6.45, 7) is 2.30. The predicted molar refractivity (Wildman–Crippen MR) is 103 cm³/mol. The van der Waals surface area contributed by atoms with E-state index in [9.17, 15) is 14.9 Å². The Morgan fingerprint density at radius 3 is 2.42 bits per heavy atom. The van der Waals surface area contributed by atoms with Gasteiger partial charge in [0.25, 0.3) is 5.69 Å². The molecule has 0 saturated heterocycles. The van der Waals surface area contributed by atoms with E-state index in [1.165, 1.54) is 29.2 Å². The number of carbonyl (C=O) groups is 1. The number of hydrogen-bond donors (Lipinski definition) is 1. The maximum atomic E-state index is 12.1. The van der Waals surface area contributed by atoms with Crippen LogP contribution in [0.25, 0.3) is 0 Å². The van der Waals surface area contributed by atoms with Crippen LogP contribution < -0.4 is 5.32 Å². The van der Waals surface area contributed by atoms with E-state index in [1.54, 1.807) is 11.8 Å². The monoisotopic (exact) mass is 374 g/mol. The normalized spacial score (nSPS) is 13.0. The number of benzene rings is 2. The van der Waals surface area contributed by atoms with Gasteiger partial charge in [-0.25, -0.2) is 4.79 Å². The van der Waals surface area contributed by atoms with Crippen molar-refractivity contribution in [3.05, 3.63) is 70.3 Å². The Labute approximate surface area is 157 Å². The van der Waals surface area contributed by atoms with E-state index in [1.807, 2.05) is 32.2 Å². The standard InChI is InChI=1S/C19H22N2O4S/c1-14(18(20-2)13-26-17-6-4-3-5-7-17)12-25-19(22)15-8-10-16(11-9-15)21(23)24/h3-11,14,18,20H,12-13H2,1-2H3/t14-,18-/m0/s1. The van der Waals surface area contributed by atoms with Crippen LogP contribution in [0.4, 0.5) is 5.69 Å². The van der Waals surface area contributed by atoms with Crippen molar-refractivity contribution in [2.75, 3.05) is 19.4 Å². The number of non-ortho nitro benzene ring substituents is 1. The molecule has 6 nitrogen and oxygen atoms in total. The van der Waals surface area contributed by atoms with Crippen molar-refractivity contribution in [1.29, 1.82) is 0 Å². The van der Waals surface area contributed by atoms with Crippen LogP contribution >= 0.6 is 11.8 Å². The maximum Gasteiger partial charge on any atom is 0.338 e. The lowest BCUT2D eigenvalue weighted by Gasteiger charge is -2.23. The minimum absolute atomic E-state index is 0.0527. The van der Waals surface area contributed by atoms with Crippen LogP contribution in [-0.2, 0) is 4.74 Å². The highest BCUT2D eigenvalue weighted by Crippen LogP contribution is 2.21. The van der Waals surface area contributed by atoms with Crippen LogP contribution in [0.5, 0.6) is 0 Å². The van der Waals surface area contributed by atoms with Gasteiger partial charge in [-0.05, 0) is 31.3 Å². The first-order chi connectivity index (χ1) is 12.5. The average molecular weight is 374 g/mol. The molecule has 7 heteroatoms. The first-order valence-electron chi connectivity index (χ1n) is 8.28. The highest BCUT2D eigenvalue weighted by Gasteiger charge is 2.18. The summed E-state index contributed by atoms with van der Waals surface area (Å²) in [7, 11) is 1.89. The third-order valence-corrected chi connectivity index (χ3v) is 5.15. The van der Waals surface area contributed by atoms with Gasteiger partial charge in [0.15, 0.2) is 0 Å². The van der Waals surface area contributed by atoms with Crippen molar-refractivity contribution < 1.29 is 14.5 Å². The fourth-order valence-corrected chi connectivity index (χ4v) is 3.58. The van der Waals surface area contributed by atoms with Gasteiger partial charge in [-0.15, -0.1) is 11.8 Å². The van der Waals surface area contributed by atoms with E-state index in [0.29, 0.717) is 5.56 Å². The quantitative estimate of drug-likeness (QED) is 0.311. The molecule has 2 rings (SSSR count). The minimum Gasteiger partial charge on any atom is -0.462 e. The lowest BCUT2D eigenvalue weighted by molar-refractivity contribution is -0.384. The predicted octanol–water partition coefficient (Wildman–Crippen LogP) is 3.77. The summed E-state index contributed by atoms with van der Waals surface area (Å²) in [5.74, 6) is 0.507. The molecule has 0 spiro atoms. The third kappa shape index (κ3) is 5.86. The molecule has 0 bridgehead atoms. The molecule has 1 N–H and O–H groups in total. The van der Waals surface area contributed by atoms with Gasteiger partial charge in [0.2, 0.25) is 0 Å². The van der Waals surface area contributed by atoms with Crippen LogP contribution in [0, 0.1) is 16.0 Å². The average Bonchev–Trinajstić information content (AvgIpc) is 2.67. The molecule has 0 fully saturated rings. The van der Waals surface area contributed by atoms with Gasteiger partial charge in [-0.3, -0.25) is 10.1 Å². The Morgan fingerprint density at radius 2 is 1.85 bits per heavy atom. The molecular formula is C19H22N2O4S. The summed E-state index contributed by atoms with van der Waals surface area (Å²) < 4.78 is 5.37. The number of nitro groups is 1. The maximum absolute atomic E-state index is 12.1. The Balaban J connectivity index is 1.84. The van der Waals surface area contributed by atoms with Crippen molar-refractivity contribution in [1.82, 2.24) is 5.32 Å². The van der Waals surface area contributed by atoms with Crippen molar-refractivity contribution in [3.8, 4) is 0 Å². The van der Waals surface area contributed by atoms with Crippen LogP contribution in [0.15, 0.2) is 59.5 Å². The topological polar surface area (TPSA) is 81.5 Å². The van der Waals surface area contributed by atoms with Gasteiger partial charge in [0.05, 0.1) is 17.1 Å². The zero-order chi connectivity index (χ0) is 18.9. The van der Waals surface area contributed by atoms with E-state index in [2.05, 4.69) is 17.4 Å². The van der Waals surface area contributed by atoms with Gasteiger partial charge in [0.1, 0.15) is 0 Å². The fraction of sp³-hybridized carbons (Fsp3) is 0.316. The Morgan fingerprint density at radius 1 is 1.19 bits per heavy atom. The van der Waals surface area contributed by atoms with Gasteiger partial charge in [-0.1, -0.05) is 25.1 Å². The van der Waals surface area contributed by atoms with Gasteiger partial charge < -0.3 is 10.1 Å². The molecule has 0 aliphatic rings. The zero-order valence-electron chi connectivity index (χ0n) is 14.8. The molecule has 138 valence electrons. The third-order valence-electron chi connectivity index (χ3n) is 4.02. The van der Waals surface area contributed by atoms with Crippen molar-refractivity contribution in [3.63, 3.8) is 0 Å². The largest absolute Gasteiger partial charge is 0.462 e. The molecule has 26 heavy (non-hydrogen) atoms. The number of nitrogens with zero attached hydrogens (tertiary/aromatic N) is 1. The lowest BCUT2D eigenvalue weighted by Crippen LogP contribution is -2.37. The Hall–Kier alpha value is -2.38. The lowest BCUT2D eigenvalue weighted by atomic mass is 10.1. The molecule has 0 heterocycles. The molecule has 2 aromatic carbocycles. The highest BCUT2D eigenvalue weighted by molar-refractivity contribution is 7.99. The molecule has 0 amide bonds. The first kappa shape index (κ1) is 19.9. The van der Waals surface area contributed by atoms with E-state index < -0.39 is 10.9 Å². The SMILES string of the molecule is CN[C@@H](CSc1ccccc1)[C@@H](C)COC(=O)c1ccc([N+](=O)[O-])cc1. The number of carbonyl (C=O) groups excluding carboxylic acids is 1. The van der Waals surface area contributed by atoms with E-state index in [4.69, 9.17) is 4.74 Å². The second kappa shape index (κ2) is 9.94. The number of esters is 1. The van der Waals surface area contributed by atoms with Gasteiger partial charge in [-0.2, -0.15) is 0 Å². The summed E-state index contributed by atoms with van der Waals surface area (Å²) in [4.78, 5) is 23.4. The summed E-state index contributed by atoms with van der Waals surface area (Å²) in [6, 6.07) is 15.7. The van der Waals surface area contributed by atoms with Gasteiger partial charge >= 0.3 is 5.97 Å². The minimum atomic E-state index is -0.501. The first-order valence-corrected chi connectivity index (χ1v) is 9.26. The second-order valence-electron chi connectivity index (χ2n) is 5.90. The van der Waals surface area contributed by atoms with Crippen LogP contribution in [-0.4, -0.2) is 36.3 Å². The molecule has 2 aromatic rings. The molecule has 0 aliphatic carbocycles. The van der Waals surface area contributed by atoms with Crippen molar-refractivity contribution >= 4 is 23.4 Å². The zero-order valence-corrected chi connectivity index (χ0v) is 15.6. The van der Waals surface area contributed by atoms with E-state index in [-0.39, 0.29) is 24.3 Å². The summed E-state index contributed by atoms with van der Waals surface area (Å²) >= 11 is 1.75. The molecule has 0 saturated carbocycles. The van der Waals surface area contributed by atoms with Crippen molar-refractivity contribution in [2.45, 2.75) is 17.9 Å². The summed E-state index contributed by atoms with van der Waals surface area (Å²) in [6.07, 6.45) is 0. The highest BCUT2D eigenvalue weighted by atomic mass is 32.2.